The van der Waals surface area contributed by atoms with E-state index < -0.39 is 0 Å². The van der Waals surface area contributed by atoms with E-state index in [-0.39, 0.29) is 24.0 Å². The molecule has 0 aliphatic heterocycles. The number of nitrogens with one attached hydrogen (secondary N) is 2. The SMILES string of the molecule is CN=C(NCc1ccc(C)cc1)NCc1cccnc1N(C)C.I. The summed E-state index contributed by atoms with van der Waals surface area (Å²) >= 11 is 0. The minimum Gasteiger partial charge on any atom is -0.362 e. The van der Waals surface area contributed by atoms with Crippen LogP contribution in [-0.2, 0) is 13.1 Å². The van der Waals surface area contributed by atoms with Crippen LogP contribution in [0.3, 0.4) is 0 Å². The Balaban J connectivity index is 0.00000288. The monoisotopic (exact) mass is 439 g/mol. The van der Waals surface area contributed by atoms with Gasteiger partial charge in [-0.15, -0.1) is 24.0 Å². The van der Waals surface area contributed by atoms with E-state index in [9.17, 15) is 0 Å². The Morgan fingerprint density at radius 1 is 1.08 bits per heavy atom. The second-order valence-corrected chi connectivity index (χ2v) is 5.65. The Morgan fingerprint density at radius 2 is 1.75 bits per heavy atom. The third-order valence-electron chi connectivity index (χ3n) is 3.54. The first kappa shape index (κ1) is 20.2. The molecule has 2 rings (SSSR count). The van der Waals surface area contributed by atoms with E-state index in [1.165, 1.54) is 11.1 Å². The molecule has 0 amide bonds. The van der Waals surface area contributed by atoms with Crippen LogP contribution >= 0.6 is 24.0 Å². The molecular formula is C18H26IN5. The van der Waals surface area contributed by atoms with Crippen molar-refractivity contribution in [2.45, 2.75) is 20.0 Å². The summed E-state index contributed by atoms with van der Waals surface area (Å²) in [6.07, 6.45) is 1.81. The van der Waals surface area contributed by atoms with Crippen LogP contribution in [0.2, 0.25) is 0 Å². The number of pyridine rings is 1. The lowest BCUT2D eigenvalue weighted by Crippen LogP contribution is -2.36. The zero-order chi connectivity index (χ0) is 16.7. The Labute approximate surface area is 161 Å². The van der Waals surface area contributed by atoms with E-state index in [1.807, 2.05) is 31.3 Å². The molecule has 2 N–H and O–H groups in total. The maximum absolute atomic E-state index is 4.41. The van der Waals surface area contributed by atoms with E-state index >= 15 is 0 Å². The van der Waals surface area contributed by atoms with Crippen molar-refractivity contribution in [2.75, 3.05) is 26.0 Å². The Hall–Kier alpha value is -1.83. The number of anilines is 1. The molecular weight excluding hydrogens is 413 g/mol. The molecule has 6 heteroatoms. The highest BCUT2D eigenvalue weighted by molar-refractivity contribution is 14.0. The molecule has 0 radical (unpaired) electrons. The van der Waals surface area contributed by atoms with Gasteiger partial charge in [0.2, 0.25) is 0 Å². The molecule has 0 saturated carbocycles. The smallest absolute Gasteiger partial charge is 0.191 e. The van der Waals surface area contributed by atoms with Crippen molar-refractivity contribution in [1.82, 2.24) is 15.6 Å². The first-order chi connectivity index (χ1) is 11.1. The summed E-state index contributed by atoms with van der Waals surface area (Å²) < 4.78 is 0. The van der Waals surface area contributed by atoms with Crippen LogP contribution in [0.5, 0.6) is 0 Å². The van der Waals surface area contributed by atoms with Gasteiger partial charge in [0.25, 0.3) is 0 Å². The minimum atomic E-state index is 0. The Bertz CT molecular complexity index is 653. The second kappa shape index (κ2) is 10.1. The topological polar surface area (TPSA) is 52.6 Å². The van der Waals surface area contributed by atoms with Crippen LogP contribution in [0.25, 0.3) is 0 Å². The molecule has 1 aromatic heterocycles. The van der Waals surface area contributed by atoms with Gasteiger partial charge in [-0.05, 0) is 18.6 Å². The lowest BCUT2D eigenvalue weighted by molar-refractivity contribution is 0.804. The average molecular weight is 439 g/mol. The number of halogens is 1. The van der Waals surface area contributed by atoms with Gasteiger partial charge in [0.05, 0.1) is 0 Å². The normalized spacial score (nSPS) is 10.8. The van der Waals surface area contributed by atoms with Crippen LogP contribution in [0, 0.1) is 6.92 Å². The van der Waals surface area contributed by atoms with Crippen LogP contribution in [0.15, 0.2) is 47.6 Å². The molecule has 0 fully saturated rings. The molecule has 0 saturated heterocycles. The largest absolute Gasteiger partial charge is 0.362 e. The molecule has 130 valence electrons. The summed E-state index contributed by atoms with van der Waals surface area (Å²) in [6.45, 7) is 3.51. The standard InChI is InChI=1S/C18H25N5.HI/c1-14-7-9-15(10-8-14)12-21-18(19-2)22-13-16-6-5-11-20-17(16)23(3)4;/h5-11H,12-13H2,1-4H3,(H2,19,21,22);1H. The highest BCUT2D eigenvalue weighted by Gasteiger charge is 2.06. The van der Waals surface area contributed by atoms with E-state index in [0.717, 1.165) is 23.9 Å². The van der Waals surface area contributed by atoms with Gasteiger partial charge in [-0.25, -0.2) is 4.98 Å². The number of hydrogen-bond acceptors (Lipinski definition) is 3. The molecule has 1 aromatic carbocycles. The predicted octanol–water partition coefficient (Wildman–Crippen LogP) is 2.94. The van der Waals surface area contributed by atoms with Gasteiger partial charge in [-0.2, -0.15) is 0 Å². The highest BCUT2D eigenvalue weighted by Crippen LogP contribution is 2.13. The number of aryl methyl sites for hydroxylation is 1. The van der Waals surface area contributed by atoms with Gasteiger partial charge in [-0.3, -0.25) is 4.99 Å². The summed E-state index contributed by atoms with van der Waals surface area (Å²) in [4.78, 5) is 10.7. The van der Waals surface area contributed by atoms with Gasteiger partial charge in [0.15, 0.2) is 5.96 Å². The number of rotatable bonds is 5. The number of aromatic nitrogens is 1. The average Bonchev–Trinajstić information content (AvgIpc) is 2.56. The van der Waals surface area contributed by atoms with Crippen molar-refractivity contribution in [2.24, 2.45) is 4.99 Å². The molecule has 0 bridgehead atoms. The number of hydrogen-bond donors (Lipinski definition) is 2. The molecule has 0 spiro atoms. The Morgan fingerprint density at radius 3 is 2.38 bits per heavy atom. The highest BCUT2D eigenvalue weighted by atomic mass is 127. The lowest BCUT2D eigenvalue weighted by Gasteiger charge is -2.17. The lowest BCUT2D eigenvalue weighted by atomic mass is 10.1. The number of nitrogens with zero attached hydrogens (tertiary/aromatic N) is 3. The summed E-state index contributed by atoms with van der Waals surface area (Å²) in [6, 6.07) is 12.5. The molecule has 0 atom stereocenters. The number of guanidine groups is 1. The van der Waals surface area contributed by atoms with Gasteiger partial charge in [0, 0.05) is 46.0 Å². The van der Waals surface area contributed by atoms with Crippen molar-refractivity contribution >= 4 is 35.8 Å². The van der Waals surface area contributed by atoms with E-state index in [2.05, 4.69) is 57.9 Å². The quantitative estimate of drug-likeness (QED) is 0.428. The summed E-state index contributed by atoms with van der Waals surface area (Å²) in [5, 5.41) is 6.66. The maximum Gasteiger partial charge on any atom is 0.191 e. The first-order valence-corrected chi connectivity index (χ1v) is 7.71. The van der Waals surface area contributed by atoms with Crippen molar-refractivity contribution in [3.8, 4) is 0 Å². The van der Waals surface area contributed by atoms with Crippen molar-refractivity contribution in [3.05, 3.63) is 59.3 Å². The number of benzene rings is 1. The summed E-state index contributed by atoms with van der Waals surface area (Å²) in [5.41, 5.74) is 3.63. The summed E-state index contributed by atoms with van der Waals surface area (Å²) in [7, 11) is 5.77. The third-order valence-corrected chi connectivity index (χ3v) is 3.54. The third kappa shape index (κ3) is 5.99. The fourth-order valence-corrected chi connectivity index (χ4v) is 2.26. The van der Waals surface area contributed by atoms with E-state index in [1.54, 1.807) is 7.05 Å². The first-order valence-electron chi connectivity index (χ1n) is 7.71. The van der Waals surface area contributed by atoms with Crippen LogP contribution in [0.4, 0.5) is 5.82 Å². The second-order valence-electron chi connectivity index (χ2n) is 5.65. The molecule has 2 aromatic rings. The zero-order valence-electron chi connectivity index (χ0n) is 14.7. The van der Waals surface area contributed by atoms with Gasteiger partial charge < -0.3 is 15.5 Å². The zero-order valence-corrected chi connectivity index (χ0v) is 17.0. The number of aliphatic imine (C=N–C) groups is 1. The van der Waals surface area contributed by atoms with Crippen LogP contribution in [0.1, 0.15) is 16.7 Å². The molecule has 0 unspecified atom stereocenters. The maximum atomic E-state index is 4.41. The van der Waals surface area contributed by atoms with Gasteiger partial charge in [-0.1, -0.05) is 35.9 Å². The van der Waals surface area contributed by atoms with E-state index in [4.69, 9.17) is 0 Å². The summed E-state index contributed by atoms with van der Waals surface area (Å²) in [5.74, 6) is 1.74. The van der Waals surface area contributed by atoms with Gasteiger partial charge in [0.1, 0.15) is 5.82 Å². The van der Waals surface area contributed by atoms with Crippen LogP contribution in [-0.4, -0.2) is 32.1 Å². The van der Waals surface area contributed by atoms with E-state index in [0.29, 0.717) is 6.54 Å². The van der Waals surface area contributed by atoms with Gasteiger partial charge >= 0.3 is 0 Å². The molecule has 24 heavy (non-hydrogen) atoms. The molecule has 5 nitrogen and oxygen atoms in total. The fraction of sp³-hybridized carbons (Fsp3) is 0.333. The van der Waals surface area contributed by atoms with Crippen molar-refractivity contribution in [1.29, 1.82) is 0 Å². The molecule has 0 aliphatic carbocycles. The van der Waals surface area contributed by atoms with Crippen molar-refractivity contribution in [3.63, 3.8) is 0 Å². The molecule has 1 heterocycles. The molecule has 0 aliphatic rings. The van der Waals surface area contributed by atoms with Crippen LogP contribution < -0.4 is 15.5 Å². The Kier molecular flexibility index (Phi) is 8.53. The predicted molar refractivity (Wildman–Crippen MR) is 112 cm³/mol. The van der Waals surface area contributed by atoms with Crippen molar-refractivity contribution < 1.29 is 0 Å². The fourth-order valence-electron chi connectivity index (χ4n) is 2.26. The minimum absolute atomic E-state index is 0.